The molecule has 5 nitrogen and oxygen atoms in total. The molecule has 1 aromatic rings. The molecule has 0 spiro atoms. The second-order valence-corrected chi connectivity index (χ2v) is 3.44. The molecule has 0 saturated carbocycles. The van der Waals surface area contributed by atoms with Gasteiger partial charge in [-0.3, -0.25) is 4.79 Å². The monoisotopic (exact) mass is 250 g/mol. The van der Waals surface area contributed by atoms with Crippen LogP contribution in [0.5, 0.6) is 11.5 Å². The van der Waals surface area contributed by atoms with Crippen LogP contribution in [0.1, 0.15) is 12.5 Å². The topological polar surface area (TPSA) is 61.8 Å². The van der Waals surface area contributed by atoms with E-state index >= 15 is 0 Å². The van der Waals surface area contributed by atoms with Crippen molar-refractivity contribution in [3.8, 4) is 11.5 Å². The zero-order chi connectivity index (χ0) is 13.5. The first kappa shape index (κ1) is 13.8. The van der Waals surface area contributed by atoms with Crippen LogP contribution >= 0.6 is 0 Å². The van der Waals surface area contributed by atoms with Crippen molar-refractivity contribution in [2.75, 3.05) is 14.2 Å². The Kier molecular flexibility index (Phi) is 4.92. The smallest absolute Gasteiger partial charge is 0.333 e. The van der Waals surface area contributed by atoms with Gasteiger partial charge >= 0.3 is 5.97 Å². The summed E-state index contributed by atoms with van der Waals surface area (Å²) in [6.07, 6.45) is 1.57. The summed E-state index contributed by atoms with van der Waals surface area (Å²) >= 11 is 0. The van der Waals surface area contributed by atoms with E-state index in [2.05, 4.69) is 4.74 Å². The van der Waals surface area contributed by atoms with E-state index in [9.17, 15) is 9.59 Å². The van der Waals surface area contributed by atoms with Gasteiger partial charge in [0.05, 0.1) is 14.2 Å². The summed E-state index contributed by atoms with van der Waals surface area (Å²) in [5.41, 5.74) is 0.990. The summed E-state index contributed by atoms with van der Waals surface area (Å²) in [7, 11) is 2.81. The second kappa shape index (κ2) is 6.44. The summed E-state index contributed by atoms with van der Waals surface area (Å²) in [6, 6.07) is 4.95. The average molecular weight is 250 g/mol. The van der Waals surface area contributed by atoms with Crippen LogP contribution in [0.2, 0.25) is 0 Å². The van der Waals surface area contributed by atoms with Crippen LogP contribution in [0.4, 0.5) is 0 Å². The Bertz CT molecular complexity index is 476. The van der Waals surface area contributed by atoms with Gasteiger partial charge in [-0.2, -0.15) is 0 Å². The molecule has 0 aliphatic heterocycles. The van der Waals surface area contributed by atoms with Gasteiger partial charge in [0.1, 0.15) is 11.5 Å². The van der Waals surface area contributed by atoms with E-state index in [1.807, 2.05) is 0 Å². The van der Waals surface area contributed by atoms with Gasteiger partial charge in [0.15, 0.2) is 0 Å². The van der Waals surface area contributed by atoms with Gasteiger partial charge in [0.2, 0.25) is 0 Å². The van der Waals surface area contributed by atoms with Gasteiger partial charge in [-0.15, -0.1) is 0 Å². The third-order valence-electron chi connectivity index (χ3n) is 2.28. The van der Waals surface area contributed by atoms with Crippen molar-refractivity contribution in [1.29, 1.82) is 0 Å². The number of hydrogen-bond donors (Lipinski definition) is 0. The Morgan fingerprint density at radius 2 is 2.00 bits per heavy atom. The number of rotatable bonds is 5. The Balaban J connectivity index is 3.15. The van der Waals surface area contributed by atoms with Crippen LogP contribution < -0.4 is 9.47 Å². The van der Waals surface area contributed by atoms with E-state index in [1.54, 1.807) is 31.2 Å². The van der Waals surface area contributed by atoms with Gasteiger partial charge in [0.25, 0.3) is 6.47 Å². The molecule has 96 valence electrons. The minimum Gasteiger partial charge on any atom is -0.497 e. The van der Waals surface area contributed by atoms with Crippen LogP contribution in [0.15, 0.2) is 23.8 Å². The van der Waals surface area contributed by atoms with E-state index in [1.165, 1.54) is 14.2 Å². The maximum Gasteiger partial charge on any atom is 0.333 e. The van der Waals surface area contributed by atoms with Gasteiger partial charge in [0, 0.05) is 17.2 Å². The first-order valence-electron chi connectivity index (χ1n) is 5.17. The fourth-order valence-corrected chi connectivity index (χ4v) is 1.37. The molecule has 0 heterocycles. The zero-order valence-electron chi connectivity index (χ0n) is 10.4. The Morgan fingerprint density at radius 3 is 2.56 bits per heavy atom. The van der Waals surface area contributed by atoms with E-state index in [0.29, 0.717) is 29.1 Å². The third kappa shape index (κ3) is 3.35. The minimum atomic E-state index is -0.442. The molecule has 0 aliphatic rings. The summed E-state index contributed by atoms with van der Waals surface area (Å²) in [6.45, 7) is 1.93. The van der Waals surface area contributed by atoms with Crippen LogP contribution in [0.3, 0.4) is 0 Å². The van der Waals surface area contributed by atoms with E-state index in [-0.39, 0.29) is 0 Å². The summed E-state index contributed by atoms with van der Waals surface area (Å²) < 4.78 is 14.4. The van der Waals surface area contributed by atoms with Crippen molar-refractivity contribution in [2.45, 2.75) is 6.92 Å². The molecular weight excluding hydrogens is 236 g/mol. The van der Waals surface area contributed by atoms with E-state index < -0.39 is 5.97 Å². The SMILES string of the molecule is COC(=O)/C(C)=C/c1ccc(OC)cc1OC=O. The van der Waals surface area contributed by atoms with Crippen molar-refractivity contribution in [3.05, 3.63) is 29.3 Å². The fourth-order valence-electron chi connectivity index (χ4n) is 1.37. The number of carbonyl (C=O) groups is 2. The first-order valence-corrected chi connectivity index (χ1v) is 5.17. The molecule has 0 unspecified atom stereocenters. The first-order chi connectivity index (χ1) is 8.62. The average Bonchev–Trinajstić information content (AvgIpc) is 2.39. The molecular formula is C13H14O5. The lowest BCUT2D eigenvalue weighted by molar-refractivity contribution is -0.135. The number of esters is 1. The predicted molar refractivity (Wildman–Crippen MR) is 65.4 cm³/mol. The third-order valence-corrected chi connectivity index (χ3v) is 2.28. The molecule has 18 heavy (non-hydrogen) atoms. The molecule has 0 aromatic heterocycles. The Morgan fingerprint density at radius 1 is 1.28 bits per heavy atom. The highest BCUT2D eigenvalue weighted by molar-refractivity contribution is 5.93. The van der Waals surface area contributed by atoms with Crippen molar-refractivity contribution in [1.82, 2.24) is 0 Å². The second-order valence-electron chi connectivity index (χ2n) is 3.44. The van der Waals surface area contributed by atoms with Crippen LogP contribution in [0.25, 0.3) is 6.08 Å². The molecule has 5 heteroatoms. The van der Waals surface area contributed by atoms with E-state index in [4.69, 9.17) is 9.47 Å². The molecule has 1 rings (SSSR count). The molecule has 0 radical (unpaired) electrons. The predicted octanol–water partition coefficient (Wildman–Crippen LogP) is 1.81. The largest absolute Gasteiger partial charge is 0.497 e. The zero-order valence-corrected chi connectivity index (χ0v) is 10.4. The van der Waals surface area contributed by atoms with Crippen molar-refractivity contribution < 1.29 is 23.8 Å². The van der Waals surface area contributed by atoms with Gasteiger partial charge in [-0.1, -0.05) is 0 Å². The van der Waals surface area contributed by atoms with E-state index in [0.717, 1.165) is 0 Å². The van der Waals surface area contributed by atoms with Crippen LogP contribution in [-0.2, 0) is 14.3 Å². The lowest BCUT2D eigenvalue weighted by Gasteiger charge is -2.07. The summed E-state index contributed by atoms with van der Waals surface area (Å²) in [5, 5.41) is 0. The van der Waals surface area contributed by atoms with Crippen molar-refractivity contribution in [3.63, 3.8) is 0 Å². The van der Waals surface area contributed by atoms with Crippen LogP contribution in [-0.4, -0.2) is 26.7 Å². The minimum absolute atomic E-state index is 0.313. The number of methoxy groups -OCH3 is 2. The molecule has 0 bridgehead atoms. The molecule has 0 fully saturated rings. The van der Waals surface area contributed by atoms with Crippen molar-refractivity contribution in [2.24, 2.45) is 0 Å². The summed E-state index contributed by atoms with van der Waals surface area (Å²) in [4.78, 5) is 21.7. The highest BCUT2D eigenvalue weighted by Crippen LogP contribution is 2.26. The molecule has 0 N–H and O–H groups in total. The van der Waals surface area contributed by atoms with Gasteiger partial charge in [-0.05, 0) is 25.1 Å². The number of carbonyl (C=O) groups excluding carboxylic acids is 2. The maximum absolute atomic E-state index is 11.3. The molecule has 0 atom stereocenters. The highest BCUT2D eigenvalue weighted by Gasteiger charge is 2.08. The molecule has 0 amide bonds. The lowest BCUT2D eigenvalue weighted by Crippen LogP contribution is -2.01. The molecule has 1 aromatic carbocycles. The molecule has 0 saturated heterocycles. The van der Waals surface area contributed by atoms with Crippen molar-refractivity contribution >= 4 is 18.5 Å². The normalized spacial score (nSPS) is 10.7. The lowest BCUT2D eigenvalue weighted by atomic mass is 10.1. The maximum atomic E-state index is 11.3. The molecule has 0 aliphatic carbocycles. The highest BCUT2D eigenvalue weighted by atomic mass is 16.5. The van der Waals surface area contributed by atoms with Gasteiger partial charge < -0.3 is 14.2 Å². The number of benzene rings is 1. The Labute approximate surface area is 105 Å². The van der Waals surface area contributed by atoms with Gasteiger partial charge in [-0.25, -0.2) is 4.79 Å². The van der Waals surface area contributed by atoms with Crippen LogP contribution in [0, 0.1) is 0 Å². The fraction of sp³-hybridized carbons (Fsp3) is 0.231. The standard InChI is InChI=1S/C13H14O5/c1-9(13(15)17-3)6-10-4-5-11(16-2)7-12(10)18-8-14/h4-8H,1-3H3/b9-6+. The number of hydrogen-bond acceptors (Lipinski definition) is 5. The quantitative estimate of drug-likeness (QED) is 0.453. The summed E-state index contributed by atoms with van der Waals surface area (Å²) in [5.74, 6) is 0.426. The number of ether oxygens (including phenoxy) is 3. The Hall–Kier alpha value is -2.30.